The molecule has 4 heteroatoms. The van der Waals surface area contributed by atoms with Gasteiger partial charge in [0.2, 0.25) is 0 Å². The molecule has 2 aromatic carbocycles. The summed E-state index contributed by atoms with van der Waals surface area (Å²) in [6, 6.07) is 12.6. The summed E-state index contributed by atoms with van der Waals surface area (Å²) in [6.07, 6.45) is 0. The molecule has 1 aromatic heterocycles. The second kappa shape index (κ2) is 6.24. The second-order valence-electron chi connectivity index (χ2n) is 5.51. The smallest absolute Gasteiger partial charge is 0.123 e. The fourth-order valence-electron chi connectivity index (χ4n) is 2.61. The molecule has 0 aliphatic rings. The van der Waals surface area contributed by atoms with Crippen molar-refractivity contribution in [3.8, 4) is 5.75 Å². The van der Waals surface area contributed by atoms with E-state index in [1.807, 2.05) is 45.0 Å². The molecule has 0 fully saturated rings. The van der Waals surface area contributed by atoms with Gasteiger partial charge in [0.05, 0.1) is 12.1 Å². The van der Waals surface area contributed by atoms with Crippen molar-refractivity contribution in [1.29, 1.82) is 0 Å². The topological polar surface area (TPSA) is 34.1 Å². The number of pyridine rings is 1. The molecule has 0 atom stereocenters. The molecule has 0 unspecified atom stereocenters. The average Bonchev–Trinajstić information content (AvgIpc) is 2.51. The molecule has 1 heterocycles. The zero-order chi connectivity index (χ0) is 16.4. The summed E-state index contributed by atoms with van der Waals surface area (Å²) < 4.78 is 18.9. The number of aryl methyl sites for hydroxylation is 2. The van der Waals surface area contributed by atoms with Crippen molar-refractivity contribution < 1.29 is 9.13 Å². The Labute approximate surface area is 135 Å². The number of aromatic nitrogens is 1. The van der Waals surface area contributed by atoms with Crippen LogP contribution in [-0.4, -0.2) is 11.6 Å². The Balaban J connectivity index is 2.09. The number of rotatable bonds is 4. The van der Waals surface area contributed by atoms with E-state index in [9.17, 15) is 4.39 Å². The standard InChI is InChI=1S/C19H19FN2O/c1-4-23-15-6-8-18-16(11-15)19(10-13(3)21-18)22-17-7-5-14(20)9-12(17)2/h5-11H,4H2,1-3H3,(H,21,22). The minimum Gasteiger partial charge on any atom is -0.494 e. The van der Waals surface area contributed by atoms with E-state index in [-0.39, 0.29) is 5.82 Å². The van der Waals surface area contributed by atoms with E-state index >= 15 is 0 Å². The Bertz CT molecular complexity index is 861. The lowest BCUT2D eigenvalue weighted by molar-refractivity contribution is 0.340. The third-order valence-electron chi connectivity index (χ3n) is 3.68. The van der Waals surface area contributed by atoms with Crippen LogP contribution in [0.25, 0.3) is 10.9 Å². The van der Waals surface area contributed by atoms with E-state index < -0.39 is 0 Å². The molecule has 0 amide bonds. The van der Waals surface area contributed by atoms with Crippen molar-refractivity contribution in [3.05, 3.63) is 59.5 Å². The van der Waals surface area contributed by atoms with Gasteiger partial charge in [0.25, 0.3) is 0 Å². The van der Waals surface area contributed by atoms with Crippen LogP contribution in [-0.2, 0) is 0 Å². The van der Waals surface area contributed by atoms with Gasteiger partial charge in [-0.1, -0.05) is 0 Å². The molecule has 0 spiro atoms. The van der Waals surface area contributed by atoms with Gasteiger partial charge in [-0.25, -0.2) is 4.39 Å². The summed E-state index contributed by atoms with van der Waals surface area (Å²) in [6.45, 7) is 6.41. The first-order valence-corrected chi connectivity index (χ1v) is 7.64. The largest absolute Gasteiger partial charge is 0.494 e. The Kier molecular flexibility index (Phi) is 4.15. The lowest BCUT2D eigenvalue weighted by Gasteiger charge is -2.14. The van der Waals surface area contributed by atoms with Gasteiger partial charge in [-0.3, -0.25) is 4.98 Å². The maximum atomic E-state index is 13.3. The van der Waals surface area contributed by atoms with Crippen LogP contribution in [0.3, 0.4) is 0 Å². The lowest BCUT2D eigenvalue weighted by Crippen LogP contribution is -1.98. The number of nitrogens with one attached hydrogen (secondary N) is 1. The molecule has 3 aromatic rings. The van der Waals surface area contributed by atoms with Gasteiger partial charge in [-0.15, -0.1) is 0 Å². The molecule has 0 aliphatic carbocycles. The minimum atomic E-state index is -0.234. The molecular weight excluding hydrogens is 291 g/mol. The monoisotopic (exact) mass is 310 g/mol. The molecule has 0 saturated carbocycles. The highest BCUT2D eigenvalue weighted by Gasteiger charge is 2.08. The van der Waals surface area contributed by atoms with E-state index in [2.05, 4.69) is 10.3 Å². The van der Waals surface area contributed by atoms with Crippen LogP contribution in [0.5, 0.6) is 5.75 Å². The van der Waals surface area contributed by atoms with Crippen molar-refractivity contribution in [3.63, 3.8) is 0 Å². The number of anilines is 2. The number of benzene rings is 2. The van der Waals surface area contributed by atoms with Gasteiger partial charge in [0.1, 0.15) is 11.6 Å². The van der Waals surface area contributed by atoms with Crippen molar-refractivity contribution >= 4 is 22.3 Å². The third-order valence-corrected chi connectivity index (χ3v) is 3.68. The maximum Gasteiger partial charge on any atom is 0.123 e. The van der Waals surface area contributed by atoms with E-state index in [1.54, 1.807) is 6.07 Å². The number of nitrogens with zero attached hydrogens (tertiary/aromatic N) is 1. The fraction of sp³-hybridized carbons (Fsp3) is 0.211. The lowest BCUT2D eigenvalue weighted by atomic mass is 10.1. The summed E-state index contributed by atoms with van der Waals surface area (Å²) in [5.41, 5.74) is 4.48. The normalized spacial score (nSPS) is 10.8. The van der Waals surface area contributed by atoms with Crippen LogP contribution in [0.1, 0.15) is 18.2 Å². The maximum absolute atomic E-state index is 13.3. The molecule has 3 nitrogen and oxygen atoms in total. The Hall–Kier alpha value is -2.62. The van der Waals surface area contributed by atoms with Crippen molar-refractivity contribution in [2.24, 2.45) is 0 Å². The summed E-state index contributed by atoms with van der Waals surface area (Å²) in [5.74, 6) is 0.576. The van der Waals surface area contributed by atoms with Crippen LogP contribution < -0.4 is 10.1 Å². The first kappa shape index (κ1) is 15.3. The second-order valence-corrected chi connectivity index (χ2v) is 5.51. The van der Waals surface area contributed by atoms with E-state index in [4.69, 9.17) is 4.74 Å². The van der Waals surface area contributed by atoms with Crippen LogP contribution in [0.4, 0.5) is 15.8 Å². The first-order chi connectivity index (χ1) is 11.1. The number of ether oxygens (including phenoxy) is 1. The predicted molar refractivity (Wildman–Crippen MR) is 92.1 cm³/mol. The zero-order valence-corrected chi connectivity index (χ0v) is 13.5. The minimum absolute atomic E-state index is 0.234. The van der Waals surface area contributed by atoms with Gasteiger partial charge in [-0.05, 0) is 68.8 Å². The molecular formula is C19H19FN2O. The van der Waals surface area contributed by atoms with Gasteiger partial charge in [0.15, 0.2) is 0 Å². The third kappa shape index (κ3) is 3.26. The molecule has 23 heavy (non-hydrogen) atoms. The summed E-state index contributed by atoms with van der Waals surface area (Å²) in [4.78, 5) is 4.56. The Morgan fingerprint density at radius 1 is 1.04 bits per heavy atom. The van der Waals surface area contributed by atoms with Gasteiger partial charge < -0.3 is 10.1 Å². The highest BCUT2D eigenvalue weighted by Crippen LogP contribution is 2.30. The fourth-order valence-corrected chi connectivity index (χ4v) is 2.61. The molecule has 3 rings (SSSR count). The Morgan fingerprint density at radius 3 is 2.61 bits per heavy atom. The predicted octanol–water partition coefficient (Wildman–Crippen LogP) is 5.13. The number of hydrogen-bond donors (Lipinski definition) is 1. The quantitative estimate of drug-likeness (QED) is 0.725. The SMILES string of the molecule is CCOc1ccc2nc(C)cc(Nc3ccc(F)cc3C)c2c1. The Morgan fingerprint density at radius 2 is 1.87 bits per heavy atom. The van der Waals surface area contributed by atoms with Crippen molar-refractivity contribution in [1.82, 2.24) is 4.98 Å². The van der Waals surface area contributed by atoms with E-state index in [0.29, 0.717) is 6.61 Å². The van der Waals surface area contributed by atoms with Crippen molar-refractivity contribution in [2.45, 2.75) is 20.8 Å². The molecule has 118 valence electrons. The van der Waals surface area contributed by atoms with Gasteiger partial charge >= 0.3 is 0 Å². The van der Waals surface area contributed by atoms with Crippen LogP contribution in [0.15, 0.2) is 42.5 Å². The van der Waals surface area contributed by atoms with E-state index in [0.717, 1.165) is 39.3 Å². The summed E-state index contributed by atoms with van der Waals surface area (Å²) >= 11 is 0. The first-order valence-electron chi connectivity index (χ1n) is 7.64. The highest BCUT2D eigenvalue weighted by molar-refractivity contribution is 5.94. The van der Waals surface area contributed by atoms with Gasteiger partial charge in [0, 0.05) is 22.5 Å². The molecule has 0 radical (unpaired) electrons. The number of fused-ring (bicyclic) bond motifs is 1. The summed E-state index contributed by atoms with van der Waals surface area (Å²) in [5, 5.41) is 4.37. The molecule has 0 aliphatic heterocycles. The summed E-state index contributed by atoms with van der Waals surface area (Å²) in [7, 11) is 0. The van der Waals surface area contributed by atoms with Crippen molar-refractivity contribution in [2.75, 3.05) is 11.9 Å². The molecule has 0 saturated heterocycles. The van der Waals surface area contributed by atoms with Crippen LogP contribution in [0.2, 0.25) is 0 Å². The molecule has 1 N–H and O–H groups in total. The van der Waals surface area contributed by atoms with E-state index in [1.165, 1.54) is 12.1 Å². The molecule has 0 bridgehead atoms. The number of halogens is 1. The van der Waals surface area contributed by atoms with Crippen LogP contribution >= 0.6 is 0 Å². The zero-order valence-electron chi connectivity index (χ0n) is 13.5. The highest BCUT2D eigenvalue weighted by atomic mass is 19.1. The average molecular weight is 310 g/mol. The van der Waals surface area contributed by atoms with Crippen LogP contribution in [0, 0.1) is 19.7 Å². The van der Waals surface area contributed by atoms with Gasteiger partial charge in [-0.2, -0.15) is 0 Å². The number of hydrogen-bond acceptors (Lipinski definition) is 3.